The fourth-order valence-corrected chi connectivity index (χ4v) is 3.36. The van der Waals surface area contributed by atoms with Gasteiger partial charge >= 0.3 is 0 Å². The minimum atomic E-state index is 0.338. The third kappa shape index (κ3) is 2.30. The van der Waals surface area contributed by atoms with Crippen molar-refractivity contribution in [2.75, 3.05) is 19.8 Å². The number of ether oxygens (including phenoxy) is 1. The largest absolute Gasteiger partial charge is 0.380 e. The maximum atomic E-state index is 5.29. The van der Waals surface area contributed by atoms with Gasteiger partial charge in [0.05, 0.1) is 13.2 Å². The third-order valence-electron chi connectivity index (χ3n) is 3.61. The quantitative estimate of drug-likeness (QED) is 0.908. The van der Waals surface area contributed by atoms with Crippen molar-refractivity contribution in [2.45, 2.75) is 19.9 Å². The molecule has 1 saturated heterocycles. The van der Waals surface area contributed by atoms with E-state index in [0.29, 0.717) is 11.5 Å². The van der Waals surface area contributed by atoms with E-state index < -0.39 is 0 Å². The number of thiophene rings is 1. The summed E-state index contributed by atoms with van der Waals surface area (Å²) in [6, 6.07) is 11.3. The Hall–Kier alpha value is -0.900. The van der Waals surface area contributed by atoms with Gasteiger partial charge in [-0.25, -0.2) is 0 Å². The molecule has 2 aromatic rings. The van der Waals surface area contributed by atoms with Gasteiger partial charge in [-0.2, -0.15) is 0 Å². The van der Waals surface area contributed by atoms with E-state index in [1.165, 1.54) is 15.0 Å². The van der Waals surface area contributed by atoms with Crippen LogP contribution in [0.25, 0.3) is 10.1 Å². The lowest BCUT2D eigenvalue weighted by Gasteiger charge is -2.38. The van der Waals surface area contributed by atoms with Crippen LogP contribution < -0.4 is 5.32 Å². The first-order valence-electron chi connectivity index (χ1n) is 6.46. The molecule has 0 spiro atoms. The van der Waals surface area contributed by atoms with Gasteiger partial charge in [0.2, 0.25) is 0 Å². The van der Waals surface area contributed by atoms with Crippen molar-refractivity contribution >= 4 is 21.4 Å². The molecule has 0 amide bonds. The molecule has 2 nitrogen and oxygen atoms in total. The second-order valence-electron chi connectivity index (χ2n) is 5.59. The number of hydrogen-bond acceptors (Lipinski definition) is 3. The van der Waals surface area contributed by atoms with Gasteiger partial charge in [-0.15, -0.1) is 11.3 Å². The van der Waals surface area contributed by atoms with Gasteiger partial charge in [-0.1, -0.05) is 25.1 Å². The number of nitrogens with one attached hydrogen (secondary N) is 1. The molecule has 1 atom stereocenters. The number of benzene rings is 1. The highest BCUT2D eigenvalue weighted by Crippen LogP contribution is 2.31. The summed E-state index contributed by atoms with van der Waals surface area (Å²) in [5.74, 6) is 0. The Morgan fingerprint density at radius 3 is 2.83 bits per heavy atom. The normalized spacial score (nSPS) is 19.7. The summed E-state index contributed by atoms with van der Waals surface area (Å²) in [6.45, 7) is 7.33. The Balaban J connectivity index is 1.69. The first-order chi connectivity index (χ1) is 8.66. The summed E-state index contributed by atoms with van der Waals surface area (Å²) in [5, 5.41) is 4.98. The van der Waals surface area contributed by atoms with Crippen molar-refractivity contribution in [3.8, 4) is 0 Å². The van der Waals surface area contributed by atoms with Crippen LogP contribution in [0.2, 0.25) is 0 Å². The van der Waals surface area contributed by atoms with Crippen LogP contribution in [0, 0.1) is 5.41 Å². The maximum absolute atomic E-state index is 5.29. The van der Waals surface area contributed by atoms with E-state index >= 15 is 0 Å². The van der Waals surface area contributed by atoms with Crippen LogP contribution in [0.15, 0.2) is 30.3 Å². The molecular weight excluding hydrogens is 242 g/mol. The van der Waals surface area contributed by atoms with E-state index in [9.17, 15) is 0 Å². The maximum Gasteiger partial charge on any atom is 0.0554 e. The highest BCUT2D eigenvalue weighted by molar-refractivity contribution is 7.19. The zero-order valence-corrected chi connectivity index (χ0v) is 11.7. The zero-order valence-electron chi connectivity index (χ0n) is 10.9. The van der Waals surface area contributed by atoms with Crippen LogP contribution in [0.5, 0.6) is 0 Å². The van der Waals surface area contributed by atoms with Gasteiger partial charge in [0.25, 0.3) is 0 Å². The van der Waals surface area contributed by atoms with Gasteiger partial charge in [-0.3, -0.25) is 0 Å². The van der Waals surface area contributed by atoms with Gasteiger partial charge in [0.15, 0.2) is 0 Å². The summed E-state index contributed by atoms with van der Waals surface area (Å²) in [7, 11) is 0. The van der Waals surface area contributed by atoms with Crippen molar-refractivity contribution in [3.63, 3.8) is 0 Å². The molecular formula is C15H19NOS. The topological polar surface area (TPSA) is 21.3 Å². The molecule has 2 heterocycles. The van der Waals surface area contributed by atoms with E-state index in [2.05, 4.69) is 49.5 Å². The van der Waals surface area contributed by atoms with Crippen LogP contribution in [0.4, 0.5) is 0 Å². The fraction of sp³-hybridized carbons (Fsp3) is 0.467. The van der Waals surface area contributed by atoms with Crippen LogP contribution in [-0.4, -0.2) is 19.8 Å². The molecule has 3 rings (SSSR count). The molecule has 0 radical (unpaired) electrons. The summed E-state index contributed by atoms with van der Waals surface area (Å²) >= 11 is 1.89. The van der Waals surface area contributed by atoms with Crippen molar-refractivity contribution in [1.82, 2.24) is 5.32 Å². The molecule has 18 heavy (non-hydrogen) atoms. The molecule has 1 aliphatic rings. The molecule has 1 aromatic heterocycles. The van der Waals surface area contributed by atoms with Crippen molar-refractivity contribution in [3.05, 3.63) is 35.2 Å². The molecule has 1 aromatic carbocycles. The summed E-state index contributed by atoms with van der Waals surface area (Å²) in [4.78, 5) is 1.42. The smallest absolute Gasteiger partial charge is 0.0554 e. The lowest BCUT2D eigenvalue weighted by atomic mass is 9.88. The van der Waals surface area contributed by atoms with Crippen LogP contribution >= 0.6 is 11.3 Å². The Kier molecular flexibility index (Phi) is 3.14. The third-order valence-corrected chi connectivity index (χ3v) is 4.91. The second kappa shape index (κ2) is 4.65. The number of fused-ring (bicyclic) bond motifs is 1. The number of rotatable bonds is 4. The standard InChI is InChI=1S/C15H19NOS/c1-11(16-8-15(2)9-17-10-15)14-7-12-5-3-4-6-13(12)18-14/h3-7,11,16H,8-10H2,1-2H3. The molecule has 0 aliphatic carbocycles. The van der Waals surface area contributed by atoms with Crippen molar-refractivity contribution in [2.24, 2.45) is 5.41 Å². The first-order valence-corrected chi connectivity index (χ1v) is 7.28. The summed E-state index contributed by atoms with van der Waals surface area (Å²) in [5.41, 5.74) is 0.338. The average molecular weight is 261 g/mol. The van der Waals surface area contributed by atoms with Crippen molar-refractivity contribution in [1.29, 1.82) is 0 Å². The van der Waals surface area contributed by atoms with E-state index in [0.717, 1.165) is 19.8 Å². The fourth-order valence-electron chi connectivity index (χ4n) is 2.27. The molecule has 0 bridgehead atoms. The first kappa shape index (κ1) is 12.2. The minimum absolute atomic E-state index is 0.338. The zero-order chi connectivity index (χ0) is 12.6. The van der Waals surface area contributed by atoms with E-state index in [4.69, 9.17) is 4.74 Å². The Morgan fingerprint density at radius 2 is 2.17 bits per heavy atom. The molecule has 1 N–H and O–H groups in total. The molecule has 96 valence electrons. The van der Waals surface area contributed by atoms with Crippen LogP contribution in [-0.2, 0) is 4.74 Å². The highest BCUT2D eigenvalue weighted by Gasteiger charge is 2.33. The Bertz CT molecular complexity index is 511. The SMILES string of the molecule is CC(NCC1(C)COC1)c1cc2ccccc2s1. The predicted molar refractivity (Wildman–Crippen MR) is 77.2 cm³/mol. The van der Waals surface area contributed by atoms with Gasteiger partial charge in [0.1, 0.15) is 0 Å². The lowest BCUT2D eigenvalue weighted by molar-refractivity contribution is -0.0998. The molecule has 1 unspecified atom stereocenters. The van der Waals surface area contributed by atoms with Crippen LogP contribution in [0.1, 0.15) is 24.8 Å². The second-order valence-corrected chi connectivity index (χ2v) is 6.71. The van der Waals surface area contributed by atoms with Crippen LogP contribution in [0.3, 0.4) is 0 Å². The number of hydrogen-bond donors (Lipinski definition) is 1. The minimum Gasteiger partial charge on any atom is -0.380 e. The average Bonchev–Trinajstić information content (AvgIpc) is 2.77. The van der Waals surface area contributed by atoms with Crippen molar-refractivity contribution < 1.29 is 4.74 Å². The van der Waals surface area contributed by atoms with E-state index in [-0.39, 0.29) is 0 Å². The Morgan fingerprint density at radius 1 is 1.39 bits per heavy atom. The Labute approximate surface area is 112 Å². The summed E-state index contributed by atoms with van der Waals surface area (Å²) in [6.07, 6.45) is 0. The summed E-state index contributed by atoms with van der Waals surface area (Å²) < 4.78 is 6.66. The van der Waals surface area contributed by atoms with Gasteiger partial charge in [-0.05, 0) is 24.4 Å². The molecule has 1 aliphatic heterocycles. The predicted octanol–water partition coefficient (Wildman–Crippen LogP) is 3.59. The molecule has 0 saturated carbocycles. The molecule has 3 heteroatoms. The lowest BCUT2D eigenvalue weighted by Crippen LogP contribution is -2.47. The van der Waals surface area contributed by atoms with Gasteiger partial charge < -0.3 is 10.1 Å². The monoisotopic (exact) mass is 261 g/mol. The van der Waals surface area contributed by atoms with E-state index in [1.807, 2.05) is 11.3 Å². The molecule has 1 fully saturated rings. The van der Waals surface area contributed by atoms with Gasteiger partial charge in [0, 0.05) is 27.6 Å². The highest BCUT2D eigenvalue weighted by atomic mass is 32.1. The van der Waals surface area contributed by atoms with E-state index in [1.54, 1.807) is 0 Å².